The number of nitrogens with two attached hydrogens (primary N) is 1. The van der Waals surface area contributed by atoms with Gasteiger partial charge < -0.3 is 11.1 Å². The summed E-state index contributed by atoms with van der Waals surface area (Å²) >= 11 is 1.55. The van der Waals surface area contributed by atoms with Gasteiger partial charge in [-0.15, -0.1) is 11.3 Å². The van der Waals surface area contributed by atoms with Crippen LogP contribution in [0.2, 0.25) is 0 Å². The number of hydrogen-bond donors (Lipinski definition) is 2. The van der Waals surface area contributed by atoms with Gasteiger partial charge in [0.1, 0.15) is 5.00 Å². The zero-order valence-corrected chi connectivity index (χ0v) is 10.8. The number of hydrogen-bond acceptors (Lipinski definition) is 4. The number of aryl methyl sites for hydroxylation is 1. The number of Topliss-reactive ketones (excluding diaryl/α,β-unsaturated/α-hetero) is 1. The van der Waals surface area contributed by atoms with Crippen LogP contribution in [0.4, 0.5) is 5.00 Å². The van der Waals surface area contributed by atoms with E-state index in [2.05, 4.69) is 11.9 Å². The summed E-state index contributed by atoms with van der Waals surface area (Å²) in [7, 11) is 0. The van der Waals surface area contributed by atoms with E-state index in [0.29, 0.717) is 12.2 Å². The molecule has 1 aromatic heterocycles. The number of thiophene rings is 1. The first-order valence-electron chi connectivity index (χ1n) is 5.32. The van der Waals surface area contributed by atoms with Gasteiger partial charge in [-0.25, -0.2) is 0 Å². The summed E-state index contributed by atoms with van der Waals surface area (Å²) in [6.07, 6.45) is 1.43. The van der Waals surface area contributed by atoms with Gasteiger partial charge in [0, 0.05) is 11.3 Å². The molecule has 1 aromatic rings. The molecule has 1 rings (SSSR count). The van der Waals surface area contributed by atoms with Gasteiger partial charge in [0.05, 0.1) is 11.4 Å². The summed E-state index contributed by atoms with van der Waals surface area (Å²) < 4.78 is 0. The molecular weight excluding hydrogens is 220 g/mol. The van der Waals surface area contributed by atoms with Crippen molar-refractivity contribution < 1.29 is 4.79 Å². The number of carbonyl (C=O) groups is 1. The molecule has 0 aliphatic heterocycles. The number of nitrogens with one attached hydrogen (secondary N) is 1. The van der Waals surface area contributed by atoms with Crippen LogP contribution < -0.4 is 11.1 Å². The normalized spacial score (nSPS) is 10.2. The lowest BCUT2D eigenvalue weighted by molar-refractivity contribution is 0.0982. The van der Waals surface area contributed by atoms with Crippen LogP contribution in [-0.2, 0) is 0 Å². The lowest BCUT2D eigenvalue weighted by Crippen LogP contribution is -2.09. The van der Waals surface area contributed by atoms with Crippen LogP contribution in [0.3, 0.4) is 0 Å². The summed E-state index contributed by atoms with van der Waals surface area (Å²) in [5.41, 5.74) is 7.34. The van der Waals surface area contributed by atoms with Crippen LogP contribution in [0.25, 0.3) is 0 Å². The molecular formula is C12H18N2OS. The minimum atomic E-state index is 0.174. The quantitative estimate of drug-likeness (QED) is 0.775. The van der Waals surface area contributed by atoms with Crippen molar-refractivity contribution in [1.29, 1.82) is 0 Å². The second-order valence-corrected chi connectivity index (χ2v) is 5.04. The Hall–Kier alpha value is -1.29. The van der Waals surface area contributed by atoms with Crippen molar-refractivity contribution in [3.63, 3.8) is 0 Å². The first-order valence-corrected chi connectivity index (χ1v) is 6.13. The molecule has 0 aliphatic rings. The van der Waals surface area contributed by atoms with Crippen molar-refractivity contribution >= 4 is 22.1 Å². The predicted octanol–water partition coefficient (Wildman–Crippen LogP) is 3.19. The SMILES string of the molecule is C=C(N)Nc1sc(C)c(C)c1C(=O)CCC. The smallest absolute Gasteiger partial charge is 0.166 e. The molecule has 0 atom stereocenters. The fourth-order valence-electron chi connectivity index (χ4n) is 1.55. The molecule has 0 unspecified atom stereocenters. The Kier molecular flexibility index (Phi) is 4.12. The van der Waals surface area contributed by atoms with Crippen molar-refractivity contribution in [2.45, 2.75) is 33.6 Å². The summed E-state index contributed by atoms with van der Waals surface area (Å²) in [6, 6.07) is 0. The molecule has 0 radical (unpaired) electrons. The van der Waals surface area contributed by atoms with Gasteiger partial charge >= 0.3 is 0 Å². The highest BCUT2D eigenvalue weighted by atomic mass is 32.1. The fraction of sp³-hybridized carbons (Fsp3) is 0.417. The monoisotopic (exact) mass is 238 g/mol. The lowest BCUT2D eigenvalue weighted by atomic mass is 10.0. The standard InChI is InChI=1S/C12H18N2OS/c1-5-6-10(15)11-7(2)8(3)16-12(11)14-9(4)13/h14H,4-6,13H2,1-3H3. The van der Waals surface area contributed by atoms with E-state index in [1.54, 1.807) is 11.3 Å². The molecule has 3 N–H and O–H groups in total. The van der Waals surface area contributed by atoms with E-state index in [0.717, 1.165) is 27.4 Å². The van der Waals surface area contributed by atoms with Gasteiger partial charge in [-0.2, -0.15) is 0 Å². The maximum Gasteiger partial charge on any atom is 0.166 e. The summed E-state index contributed by atoms with van der Waals surface area (Å²) in [4.78, 5) is 13.1. The highest BCUT2D eigenvalue weighted by Gasteiger charge is 2.18. The first kappa shape index (κ1) is 12.8. The van der Waals surface area contributed by atoms with E-state index in [9.17, 15) is 4.79 Å². The van der Waals surface area contributed by atoms with E-state index in [-0.39, 0.29) is 5.78 Å². The van der Waals surface area contributed by atoms with Gasteiger partial charge in [-0.1, -0.05) is 13.5 Å². The Morgan fingerprint density at radius 1 is 1.50 bits per heavy atom. The number of rotatable bonds is 5. The Morgan fingerprint density at radius 3 is 2.62 bits per heavy atom. The Morgan fingerprint density at radius 2 is 2.12 bits per heavy atom. The highest BCUT2D eigenvalue weighted by molar-refractivity contribution is 7.16. The Bertz CT molecular complexity index is 421. The maximum atomic E-state index is 12.0. The third-order valence-corrected chi connectivity index (χ3v) is 3.54. The van der Waals surface area contributed by atoms with Gasteiger partial charge in [0.2, 0.25) is 0 Å². The molecule has 0 aliphatic carbocycles. The zero-order valence-electron chi connectivity index (χ0n) is 10.0. The Labute approximate surface area is 100 Å². The van der Waals surface area contributed by atoms with Gasteiger partial charge in [-0.3, -0.25) is 4.79 Å². The topological polar surface area (TPSA) is 55.1 Å². The van der Waals surface area contributed by atoms with Crippen LogP contribution in [0, 0.1) is 13.8 Å². The van der Waals surface area contributed by atoms with Crippen LogP contribution in [0.15, 0.2) is 12.4 Å². The zero-order chi connectivity index (χ0) is 12.3. The number of ketones is 1. The van der Waals surface area contributed by atoms with Crippen LogP contribution in [-0.4, -0.2) is 5.78 Å². The summed E-state index contributed by atoms with van der Waals surface area (Å²) in [6.45, 7) is 9.58. The molecule has 0 amide bonds. The summed E-state index contributed by atoms with van der Waals surface area (Å²) in [5, 5.41) is 3.78. The van der Waals surface area contributed by atoms with Crippen molar-refractivity contribution in [2.75, 3.05) is 5.32 Å². The minimum Gasteiger partial charge on any atom is -0.386 e. The van der Waals surface area contributed by atoms with E-state index in [4.69, 9.17) is 5.73 Å². The van der Waals surface area contributed by atoms with Gasteiger partial charge in [0.15, 0.2) is 5.78 Å². The van der Waals surface area contributed by atoms with Crippen molar-refractivity contribution in [3.05, 3.63) is 28.4 Å². The average Bonchev–Trinajstić information content (AvgIpc) is 2.41. The molecule has 4 heteroatoms. The van der Waals surface area contributed by atoms with E-state index in [1.807, 2.05) is 20.8 Å². The van der Waals surface area contributed by atoms with Crippen molar-refractivity contribution in [2.24, 2.45) is 5.73 Å². The molecule has 3 nitrogen and oxygen atoms in total. The van der Waals surface area contributed by atoms with Gasteiger partial charge in [-0.05, 0) is 25.8 Å². The molecule has 88 valence electrons. The number of carbonyl (C=O) groups excluding carboxylic acids is 1. The lowest BCUT2D eigenvalue weighted by Gasteiger charge is -2.06. The van der Waals surface area contributed by atoms with E-state index >= 15 is 0 Å². The van der Waals surface area contributed by atoms with E-state index in [1.165, 1.54) is 0 Å². The molecule has 0 saturated carbocycles. The van der Waals surface area contributed by atoms with Crippen LogP contribution in [0.5, 0.6) is 0 Å². The predicted molar refractivity (Wildman–Crippen MR) is 70.0 cm³/mol. The third-order valence-electron chi connectivity index (χ3n) is 2.42. The largest absolute Gasteiger partial charge is 0.386 e. The molecule has 0 fully saturated rings. The first-order chi connectivity index (χ1) is 7.47. The molecule has 1 heterocycles. The average molecular weight is 238 g/mol. The van der Waals surface area contributed by atoms with Crippen molar-refractivity contribution in [1.82, 2.24) is 0 Å². The molecule has 0 spiro atoms. The Balaban J connectivity index is 3.13. The van der Waals surface area contributed by atoms with Crippen LogP contribution in [0.1, 0.15) is 40.6 Å². The maximum absolute atomic E-state index is 12.0. The van der Waals surface area contributed by atoms with Crippen molar-refractivity contribution in [3.8, 4) is 0 Å². The molecule has 0 bridgehead atoms. The summed E-state index contributed by atoms with van der Waals surface area (Å²) in [5.74, 6) is 0.542. The van der Waals surface area contributed by atoms with Gasteiger partial charge in [0.25, 0.3) is 0 Å². The molecule has 16 heavy (non-hydrogen) atoms. The van der Waals surface area contributed by atoms with E-state index < -0.39 is 0 Å². The second-order valence-electron chi connectivity index (χ2n) is 3.81. The fourth-order valence-corrected chi connectivity index (χ4v) is 2.66. The highest BCUT2D eigenvalue weighted by Crippen LogP contribution is 2.33. The number of anilines is 1. The minimum absolute atomic E-state index is 0.174. The second kappa shape index (κ2) is 5.16. The third kappa shape index (κ3) is 2.64. The molecule has 0 aromatic carbocycles. The van der Waals surface area contributed by atoms with Crippen LogP contribution >= 0.6 is 11.3 Å². The molecule has 0 saturated heterocycles.